The monoisotopic (exact) mass is 400 g/mol. The maximum absolute atomic E-state index is 13.5. The Morgan fingerprint density at radius 1 is 1.05 bits per heavy atom. The Balaban J connectivity index is 2.11. The molecule has 0 aliphatic carbocycles. The Kier molecular flexibility index (Phi) is 5.75. The lowest BCUT2D eigenvalue weighted by atomic mass is 9.93. The van der Waals surface area contributed by atoms with E-state index in [0.29, 0.717) is 10.9 Å². The normalized spacial score (nSPS) is 12.4. The van der Waals surface area contributed by atoms with Crippen molar-refractivity contribution < 1.29 is 9.50 Å². The van der Waals surface area contributed by atoms with Crippen molar-refractivity contribution in [3.63, 3.8) is 0 Å². The maximum atomic E-state index is 13.5. The van der Waals surface area contributed by atoms with Crippen LogP contribution in [0.1, 0.15) is 11.1 Å². The van der Waals surface area contributed by atoms with Gasteiger partial charge < -0.3 is 5.11 Å². The third-order valence-electron chi connectivity index (χ3n) is 3.21. The number of hydrogen-bond acceptors (Lipinski definition) is 1. The Morgan fingerprint density at radius 2 is 1.80 bits per heavy atom. The van der Waals surface area contributed by atoms with Crippen molar-refractivity contribution in [3.05, 3.63) is 68.4 Å². The number of halogens is 3. The second-order valence-corrected chi connectivity index (χ2v) is 6.51. The summed E-state index contributed by atoms with van der Waals surface area (Å²) in [4.78, 5) is 0. The molecule has 0 aliphatic heterocycles. The van der Waals surface area contributed by atoms with E-state index in [1.807, 2.05) is 30.3 Å². The van der Waals surface area contributed by atoms with Crippen molar-refractivity contribution in [3.8, 4) is 0 Å². The summed E-state index contributed by atoms with van der Waals surface area (Å²) in [6, 6.07) is 13.0. The van der Waals surface area contributed by atoms with Crippen LogP contribution in [0, 0.1) is 11.7 Å². The fourth-order valence-corrected chi connectivity index (χ4v) is 3.09. The highest BCUT2D eigenvalue weighted by atomic mass is 79.9. The van der Waals surface area contributed by atoms with Gasteiger partial charge in [0.15, 0.2) is 0 Å². The molecule has 0 aliphatic rings. The van der Waals surface area contributed by atoms with Crippen LogP contribution in [0.2, 0.25) is 0 Å². The summed E-state index contributed by atoms with van der Waals surface area (Å²) in [7, 11) is 0. The second-order valence-electron chi connectivity index (χ2n) is 4.80. The fraction of sp³-hybridized carbons (Fsp3) is 0.250. The lowest BCUT2D eigenvalue weighted by Crippen LogP contribution is -2.13. The van der Waals surface area contributed by atoms with Gasteiger partial charge >= 0.3 is 0 Å². The van der Waals surface area contributed by atoms with Crippen molar-refractivity contribution in [2.75, 3.05) is 6.61 Å². The van der Waals surface area contributed by atoms with Crippen LogP contribution in [-0.4, -0.2) is 11.7 Å². The van der Waals surface area contributed by atoms with Crippen molar-refractivity contribution in [1.82, 2.24) is 0 Å². The van der Waals surface area contributed by atoms with E-state index >= 15 is 0 Å². The van der Waals surface area contributed by atoms with Gasteiger partial charge in [-0.3, -0.25) is 0 Å². The Bertz CT molecular complexity index is 586. The van der Waals surface area contributed by atoms with Crippen LogP contribution in [0.4, 0.5) is 4.39 Å². The molecule has 2 aromatic carbocycles. The summed E-state index contributed by atoms with van der Waals surface area (Å²) in [6.45, 7) is 0.0788. The number of aliphatic hydroxyl groups is 1. The topological polar surface area (TPSA) is 20.2 Å². The second kappa shape index (κ2) is 7.34. The van der Waals surface area contributed by atoms with Gasteiger partial charge in [0, 0.05) is 11.1 Å². The lowest BCUT2D eigenvalue weighted by Gasteiger charge is -2.15. The number of benzene rings is 2. The average Bonchev–Trinajstić information content (AvgIpc) is 2.43. The van der Waals surface area contributed by atoms with E-state index in [2.05, 4.69) is 31.9 Å². The van der Waals surface area contributed by atoms with Crippen LogP contribution in [0.3, 0.4) is 0 Å². The first kappa shape index (κ1) is 15.7. The Labute approximate surface area is 135 Å². The maximum Gasteiger partial charge on any atom is 0.137 e. The first-order chi connectivity index (χ1) is 9.60. The van der Waals surface area contributed by atoms with Gasteiger partial charge in [-0.05, 0) is 64.0 Å². The SMILES string of the molecule is OCC(Cc1cccc(Br)c1)Cc1cccc(F)c1Br. The molecule has 0 radical (unpaired) electrons. The molecule has 1 unspecified atom stereocenters. The van der Waals surface area contributed by atoms with Gasteiger partial charge in [-0.25, -0.2) is 4.39 Å². The van der Waals surface area contributed by atoms with E-state index in [1.54, 1.807) is 6.07 Å². The van der Waals surface area contributed by atoms with Crippen LogP contribution < -0.4 is 0 Å². The van der Waals surface area contributed by atoms with E-state index in [-0.39, 0.29) is 18.3 Å². The molecule has 0 fully saturated rings. The molecule has 0 saturated heterocycles. The zero-order chi connectivity index (χ0) is 14.5. The predicted octanol–water partition coefficient (Wildman–Crippen LogP) is 4.74. The third-order valence-corrected chi connectivity index (χ3v) is 4.59. The molecule has 0 heterocycles. The van der Waals surface area contributed by atoms with Crippen LogP contribution in [0.25, 0.3) is 0 Å². The third kappa shape index (κ3) is 4.14. The molecule has 0 spiro atoms. The Morgan fingerprint density at radius 3 is 2.50 bits per heavy atom. The van der Waals surface area contributed by atoms with Gasteiger partial charge in [0.2, 0.25) is 0 Å². The molecule has 0 amide bonds. The largest absolute Gasteiger partial charge is 0.396 e. The van der Waals surface area contributed by atoms with E-state index < -0.39 is 0 Å². The van der Waals surface area contributed by atoms with Crippen molar-refractivity contribution in [1.29, 1.82) is 0 Å². The molecule has 1 atom stereocenters. The lowest BCUT2D eigenvalue weighted by molar-refractivity contribution is 0.224. The minimum Gasteiger partial charge on any atom is -0.396 e. The highest BCUT2D eigenvalue weighted by molar-refractivity contribution is 9.10. The molecule has 0 saturated carbocycles. The summed E-state index contributed by atoms with van der Waals surface area (Å²) in [5.74, 6) is -0.191. The molecule has 4 heteroatoms. The molecule has 2 aromatic rings. The van der Waals surface area contributed by atoms with E-state index in [1.165, 1.54) is 6.07 Å². The predicted molar refractivity (Wildman–Crippen MR) is 86.2 cm³/mol. The first-order valence-electron chi connectivity index (χ1n) is 6.38. The van der Waals surface area contributed by atoms with Crippen LogP contribution in [0.5, 0.6) is 0 Å². The van der Waals surface area contributed by atoms with E-state index in [9.17, 15) is 9.50 Å². The average molecular weight is 402 g/mol. The quantitative estimate of drug-likeness (QED) is 0.766. The van der Waals surface area contributed by atoms with E-state index in [0.717, 1.165) is 22.0 Å². The molecule has 106 valence electrons. The molecule has 1 nitrogen and oxygen atoms in total. The van der Waals surface area contributed by atoms with Crippen molar-refractivity contribution >= 4 is 31.9 Å². The molecule has 2 rings (SSSR count). The van der Waals surface area contributed by atoms with Gasteiger partial charge in [-0.2, -0.15) is 0 Å². The Hall–Kier alpha value is -0.710. The van der Waals surface area contributed by atoms with Gasteiger partial charge in [-0.1, -0.05) is 40.2 Å². The molecular formula is C16H15Br2FO. The minimum absolute atomic E-state index is 0.0717. The van der Waals surface area contributed by atoms with Gasteiger partial charge in [0.1, 0.15) is 5.82 Å². The van der Waals surface area contributed by atoms with Crippen molar-refractivity contribution in [2.24, 2.45) is 5.92 Å². The molecule has 0 bridgehead atoms. The number of aliphatic hydroxyl groups excluding tert-OH is 1. The number of rotatable bonds is 5. The van der Waals surface area contributed by atoms with Gasteiger partial charge in [0.05, 0.1) is 4.47 Å². The molecule has 20 heavy (non-hydrogen) atoms. The van der Waals surface area contributed by atoms with Gasteiger partial charge in [-0.15, -0.1) is 0 Å². The highest BCUT2D eigenvalue weighted by Gasteiger charge is 2.13. The van der Waals surface area contributed by atoms with Crippen LogP contribution >= 0.6 is 31.9 Å². The summed E-state index contributed by atoms with van der Waals surface area (Å²) >= 11 is 6.71. The first-order valence-corrected chi connectivity index (χ1v) is 7.97. The van der Waals surface area contributed by atoms with Crippen molar-refractivity contribution in [2.45, 2.75) is 12.8 Å². The molecule has 0 aromatic heterocycles. The summed E-state index contributed by atoms with van der Waals surface area (Å²) in [6.07, 6.45) is 1.40. The minimum atomic E-state index is -0.262. The van der Waals surface area contributed by atoms with Gasteiger partial charge in [0.25, 0.3) is 0 Å². The fourth-order valence-electron chi connectivity index (χ4n) is 2.22. The summed E-state index contributed by atoms with van der Waals surface area (Å²) < 4.78 is 15.0. The zero-order valence-electron chi connectivity index (χ0n) is 10.8. The van der Waals surface area contributed by atoms with Crippen LogP contribution in [0.15, 0.2) is 51.4 Å². The smallest absolute Gasteiger partial charge is 0.137 e. The number of hydrogen-bond donors (Lipinski definition) is 1. The standard InChI is InChI=1S/C16H15Br2FO/c17-14-5-1-3-11(9-14)7-12(10-20)8-13-4-2-6-15(19)16(13)18/h1-6,9,12,20H,7-8,10H2. The zero-order valence-corrected chi connectivity index (χ0v) is 14.0. The summed E-state index contributed by atoms with van der Waals surface area (Å²) in [5.41, 5.74) is 2.05. The van der Waals surface area contributed by atoms with E-state index in [4.69, 9.17) is 0 Å². The van der Waals surface area contributed by atoms with Crippen LogP contribution in [-0.2, 0) is 12.8 Å². The summed E-state index contributed by atoms with van der Waals surface area (Å²) in [5, 5.41) is 9.56. The molecular weight excluding hydrogens is 387 g/mol. The molecule has 1 N–H and O–H groups in total. The highest BCUT2D eigenvalue weighted by Crippen LogP contribution is 2.25.